The SMILES string of the molecule is O=C(CSc1ccc(F)cc1F)NCC(=O)Nc1ccc(F)c(F)c1F. The maximum atomic E-state index is 13.4. The number of carbonyl (C=O) groups excluding carboxylic acids is 2. The van der Waals surface area contributed by atoms with Gasteiger partial charge in [0.25, 0.3) is 0 Å². The molecule has 2 aromatic carbocycles. The van der Waals surface area contributed by atoms with Gasteiger partial charge in [0.15, 0.2) is 17.5 Å². The van der Waals surface area contributed by atoms with E-state index >= 15 is 0 Å². The Balaban J connectivity index is 1.82. The van der Waals surface area contributed by atoms with Gasteiger partial charge in [-0.15, -0.1) is 11.8 Å². The maximum absolute atomic E-state index is 13.4. The largest absolute Gasteiger partial charge is 0.346 e. The van der Waals surface area contributed by atoms with Crippen molar-refractivity contribution < 1.29 is 31.5 Å². The Kier molecular flexibility index (Phi) is 6.56. The summed E-state index contributed by atoms with van der Waals surface area (Å²) in [6.45, 7) is -0.566. The van der Waals surface area contributed by atoms with Crippen LogP contribution in [0.2, 0.25) is 0 Å². The van der Waals surface area contributed by atoms with Crippen LogP contribution in [0.4, 0.5) is 27.6 Å². The van der Waals surface area contributed by atoms with E-state index in [0.717, 1.165) is 23.9 Å². The lowest BCUT2D eigenvalue weighted by Crippen LogP contribution is -2.34. The molecule has 2 amide bonds. The van der Waals surface area contributed by atoms with E-state index < -0.39 is 53.1 Å². The van der Waals surface area contributed by atoms with Crippen molar-refractivity contribution >= 4 is 29.3 Å². The van der Waals surface area contributed by atoms with E-state index in [1.54, 1.807) is 0 Å². The molecule has 4 nitrogen and oxygen atoms in total. The molecule has 0 aliphatic heterocycles. The summed E-state index contributed by atoms with van der Waals surface area (Å²) in [6.07, 6.45) is 0. The van der Waals surface area contributed by atoms with Crippen molar-refractivity contribution in [2.45, 2.75) is 4.90 Å². The first kappa shape index (κ1) is 19.7. The lowest BCUT2D eigenvalue weighted by Gasteiger charge is -2.08. The number of hydrogen-bond donors (Lipinski definition) is 2. The molecular formula is C16H11F5N2O2S. The summed E-state index contributed by atoms with van der Waals surface area (Å²) >= 11 is 0.789. The number of benzene rings is 2. The topological polar surface area (TPSA) is 58.2 Å². The minimum Gasteiger partial charge on any atom is -0.346 e. The molecule has 26 heavy (non-hydrogen) atoms. The molecule has 0 spiro atoms. The van der Waals surface area contributed by atoms with Gasteiger partial charge in [0.2, 0.25) is 11.8 Å². The Bertz CT molecular complexity index is 848. The molecule has 138 valence electrons. The van der Waals surface area contributed by atoms with E-state index in [2.05, 4.69) is 5.32 Å². The maximum Gasteiger partial charge on any atom is 0.243 e. The molecular weight excluding hydrogens is 379 g/mol. The van der Waals surface area contributed by atoms with Gasteiger partial charge in [-0.3, -0.25) is 9.59 Å². The average Bonchev–Trinajstić information content (AvgIpc) is 2.59. The quantitative estimate of drug-likeness (QED) is 0.452. The number of anilines is 1. The molecule has 0 aromatic heterocycles. The van der Waals surface area contributed by atoms with Gasteiger partial charge in [0.05, 0.1) is 18.0 Å². The third kappa shape index (κ3) is 5.19. The molecule has 10 heteroatoms. The Hall–Kier alpha value is -2.62. The number of nitrogens with one attached hydrogen (secondary N) is 2. The molecule has 0 bridgehead atoms. The van der Waals surface area contributed by atoms with Gasteiger partial charge in [-0.05, 0) is 24.3 Å². The molecule has 0 unspecified atom stereocenters. The van der Waals surface area contributed by atoms with Crippen LogP contribution in [-0.4, -0.2) is 24.1 Å². The summed E-state index contributed by atoms with van der Waals surface area (Å²) in [5, 5.41) is 4.17. The molecule has 0 saturated heterocycles. The normalized spacial score (nSPS) is 10.5. The van der Waals surface area contributed by atoms with Crippen molar-refractivity contribution in [1.82, 2.24) is 5.32 Å². The zero-order chi connectivity index (χ0) is 19.3. The van der Waals surface area contributed by atoms with Gasteiger partial charge in [-0.2, -0.15) is 0 Å². The van der Waals surface area contributed by atoms with Crippen LogP contribution in [0.1, 0.15) is 0 Å². The summed E-state index contributed by atoms with van der Waals surface area (Å²) in [6, 6.07) is 4.35. The summed E-state index contributed by atoms with van der Waals surface area (Å²) in [7, 11) is 0. The fourth-order valence-corrected chi connectivity index (χ4v) is 2.53. The zero-order valence-corrected chi connectivity index (χ0v) is 13.7. The van der Waals surface area contributed by atoms with Gasteiger partial charge < -0.3 is 10.6 Å². The van der Waals surface area contributed by atoms with Crippen molar-refractivity contribution in [3.05, 3.63) is 59.4 Å². The third-order valence-corrected chi connectivity index (χ3v) is 4.06. The van der Waals surface area contributed by atoms with Gasteiger partial charge in [-0.1, -0.05) is 0 Å². The predicted octanol–water partition coefficient (Wildman–Crippen LogP) is 3.23. The molecule has 2 N–H and O–H groups in total. The summed E-state index contributed by atoms with van der Waals surface area (Å²) < 4.78 is 65.4. The highest BCUT2D eigenvalue weighted by Gasteiger charge is 2.15. The lowest BCUT2D eigenvalue weighted by atomic mass is 10.2. The summed E-state index contributed by atoms with van der Waals surface area (Å²) in [5.41, 5.74) is -0.578. The molecule has 0 fully saturated rings. The minimum atomic E-state index is -1.73. The van der Waals surface area contributed by atoms with Crippen molar-refractivity contribution in [2.24, 2.45) is 0 Å². The third-order valence-electron chi connectivity index (χ3n) is 3.01. The highest BCUT2D eigenvalue weighted by Crippen LogP contribution is 2.22. The van der Waals surface area contributed by atoms with Gasteiger partial charge >= 0.3 is 0 Å². The minimum absolute atomic E-state index is 0.0508. The highest BCUT2D eigenvalue weighted by molar-refractivity contribution is 8.00. The van der Waals surface area contributed by atoms with Crippen LogP contribution in [0, 0.1) is 29.1 Å². The van der Waals surface area contributed by atoms with Crippen LogP contribution < -0.4 is 10.6 Å². The predicted molar refractivity (Wildman–Crippen MR) is 85.0 cm³/mol. The number of halogens is 5. The van der Waals surface area contributed by atoms with Gasteiger partial charge in [0.1, 0.15) is 11.6 Å². The van der Waals surface area contributed by atoms with Crippen molar-refractivity contribution in [1.29, 1.82) is 0 Å². The number of hydrogen-bond acceptors (Lipinski definition) is 3. The first-order valence-electron chi connectivity index (χ1n) is 7.06. The summed E-state index contributed by atoms with van der Waals surface area (Å²) in [4.78, 5) is 23.3. The van der Waals surface area contributed by atoms with Gasteiger partial charge in [0, 0.05) is 11.0 Å². The zero-order valence-electron chi connectivity index (χ0n) is 12.9. The molecule has 0 radical (unpaired) electrons. The average molecular weight is 390 g/mol. The van der Waals surface area contributed by atoms with Crippen LogP contribution in [0.25, 0.3) is 0 Å². The van der Waals surface area contributed by atoms with E-state index in [-0.39, 0.29) is 10.6 Å². The molecule has 2 aromatic rings. The van der Waals surface area contributed by atoms with Crippen LogP contribution in [0.15, 0.2) is 35.2 Å². The second-order valence-corrected chi connectivity index (χ2v) is 5.93. The van der Waals surface area contributed by atoms with E-state index in [1.165, 1.54) is 6.07 Å². The molecule has 0 saturated carbocycles. The molecule has 2 rings (SSSR count). The Morgan fingerprint density at radius 2 is 1.62 bits per heavy atom. The second-order valence-electron chi connectivity index (χ2n) is 4.91. The van der Waals surface area contributed by atoms with E-state index in [0.29, 0.717) is 12.1 Å². The van der Waals surface area contributed by atoms with Crippen LogP contribution in [0.3, 0.4) is 0 Å². The molecule has 0 heterocycles. The number of thioether (sulfide) groups is 1. The van der Waals surface area contributed by atoms with Crippen LogP contribution >= 0.6 is 11.8 Å². The number of rotatable bonds is 6. The summed E-state index contributed by atoms with van der Waals surface area (Å²) in [5.74, 6) is -8.04. The second kappa shape index (κ2) is 8.65. The Labute approximate surface area is 148 Å². The van der Waals surface area contributed by atoms with Crippen molar-refractivity contribution in [3.8, 4) is 0 Å². The standard InChI is InChI=1S/C16H11F5N2O2S/c17-8-1-4-12(10(19)5-8)26-7-14(25)22-6-13(24)23-11-3-2-9(18)15(20)16(11)21/h1-5H,6-7H2,(H,22,25)(H,23,24). The first-order chi connectivity index (χ1) is 12.3. The van der Waals surface area contributed by atoms with Crippen molar-refractivity contribution in [3.63, 3.8) is 0 Å². The van der Waals surface area contributed by atoms with E-state index in [1.807, 2.05) is 5.32 Å². The fraction of sp³-hybridized carbons (Fsp3) is 0.125. The van der Waals surface area contributed by atoms with Gasteiger partial charge in [-0.25, -0.2) is 22.0 Å². The number of carbonyl (C=O) groups is 2. The lowest BCUT2D eigenvalue weighted by molar-refractivity contribution is -0.122. The van der Waals surface area contributed by atoms with E-state index in [4.69, 9.17) is 0 Å². The van der Waals surface area contributed by atoms with Crippen molar-refractivity contribution in [2.75, 3.05) is 17.6 Å². The fourth-order valence-electron chi connectivity index (χ4n) is 1.78. The number of amides is 2. The Morgan fingerprint density at radius 1 is 0.885 bits per heavy atom. The first-order valence-corrected chi connectivity index (χ1v) is 8.04. The monoisotopic (exact) mass is 390 g/mol. The molecule has 0 aliphatic rings. The Morgan fingerprint density at radius 3 is 2.31 bits per heavy atom. The molecule has 0 aliphatic carbocycles. The highest BCUT2D eigenvalue weighted by atomic mass is 32.2. The van der Waals surface area contributed by atoms with Crippen LogP contribution in [-0.2, 0) is 9.59 Å². The van der Waals surface area contributed by atoms with Crippen LogP contribution in [0.5, 0.6) is 0 Å². The molecule has 0 atom stereocenters. The van der Waals surface area contributed by atoms with E-state index in [9.17, 15) is 31.5 Å². The smallest absolute Gasteiger partial charge is 0.243 e.